The minimum absolute atomic E-state index is 0.111. The summed E-state index contributed by atoms with van der Waals surface area (Å²) in [6.45, 7) is 3.94. The number of hydrogen-bond donors (Lipinski definition) is 1. The maximum Gasteiger partial charge on any atom is 0.271 e. The van der Waals surface area contributed by atoms with Crippen LogP contribution in [0.5, 0.6) is 5.75 Å². The molecule has 2 aromatic heterocycles. The number of rotatable bonds is 4. The van der Waals surface area contributed by atoms with Gasteiger partial charge in [-0.05, 0) is 49.2 Å². The first kappa shape index (κ1) is 15.1. The van der Waals surface area contributed by atoms with Crippen molar-refractivity contribution in [3.63, 3.8) is 0 Å². The smallest absolute Gasteiger partial charge is 0.271 e. The highest BCUT2D eigenvalue weighted by Crippen LogP contribution is 2.18. The van der Waals surface area contributed by atoms with Gasteiger partial charge in [-0.3, -0.25) is 4.79 Å². The summed E-state index contributed by atoms with van der Waals surface area (Å²) in [5, 5.41) is 2.97. The molecule has 118 valence electrons. The molecule has 1 N–H and O–H groups in total. The van der Waals surface area contributed by atoms with Crippen LogP contribution in [-0.4, -0.2) is 22.4 Å². The molecule has 0 bridgehead atoms. The lowest BCUT2D eigenvalue weighted by atomic mass is 10.1. The summed E-state index contributed by atoms with van der Waals surface area (Å²) in [6, 6.07) is 11.5. The average molecular weight is 309 g/mol. The van der Waals surface area contributed by atoms with Gasteiger partial charge in [0.25, 0.3) is 5.91 Å². The lowest BCUT2D eigenvalue weighted by molar-refractivity contribution is 0.0935. The molecular weight excluding hydrogens is 290 g/mol. The Hall–Kier alpha value is -2.82. The van der Waals surface area contributed by atoms with Crippen LogP contribution in [0.2, 0.25) is 0 Å². The number of ether oxygens (including phenoxy) is 1. The number of fused-ring (bicyclic) bond motifs is 1. The second-order valence-corrected chi connectivity index (χ2v) is 5.56. The summed E-state index contributed by atoms with van der Waals surface area (Å²) in [4.78, 5) is 16.8. The van der Waals surface area contributed by atoms with Crippen molar-refractivity contribution >= 4 is 11.6 Å². The Morgan fingerprint density at radius 1 is 1.26 bits per heavy atom. The van der Waals surface area contributed by atoms with Gasteiger partial charge < -0.3 is 14.5 Å². The molecule has 0 spiro atoms. The van der Waals surface area contributed by atoms with Crippen LogP contribution in [-0.2, 0) is 0 Å². The van der Waals surface area contributed by atoms with Crippen molar-refractivity contribution in [2.45, 2.75) is 19.9 Å². The standard InChI is InChI=1S/C18H19N3O2/c1-12-8-9-21-11-16(20-17(21)10-12)18(22)19-13(2)14-4-6-15(23-3)7-5-14/h4-11,13H,1-3H3,(H,19,22)/t13-/m0/s1. The van der Waals surface area contributed by atoms with Gasteiger partial charge in [-0.15, -0.1) is 0 Å². The maximum atomic E-state index is 12.4. The van der Waals surface area contributed by atoms with Gasteiger partial charge in [0, 0.05) is 12.4 Å². The maximum absolute atomic E-state index is 12.4. The minimum atomic E-state index is -0.185. The Bertz CT molecular complexity index is 837. The fourth-order valence-electron chi connectivity index (χ4n) is 2.44. The molecule has 23 heavy (non-hydrogen) atoms. The molecule has 1 amide bonds. The van der Waals surface area contributed by atoms with Crippen molar-refractivity contribution < 1.29 is 9.53 Å². The summed E-state index contributed by atoms with van der Waals surface area (Å²) in [6.07, 6.45) is 3.65. The van der Waals surface area contributed by atoms with Crippen LogP contribution in [0.4, 0.5) is 0 Å². The van der Waals surface area contributed by atoms with Crippen molar-refractivity contribution in [3.8, 4) is 5.75 Å². The zero-order chi connectivity index (χ0) is 16.4. The van der Waals surface area contributed by atoms with Gasteiger partial charge in [-0.1, -0.05) is 12.1 Å². The largest absolute Gasteiger partial charge is 0.497 e. The van der Waals surface area contributed by atoms with Gasteiger partial charge >= 0.3 is 0 Å². The average Bonchev–Trinajstić information content (AvgIpc) is 2.98. The lowest BCUT2D eigenvalue weighted by Crippen LogP contribution is -2.26. The number of benzene rings is 1. The monoisotopic (exact) mass is 309 g/mol. The molecule has 2 heterocycles. The predicted molar refractivity (Wildman–Crippen MR) is 88.8 cm³/mol. The van der Waals surface area contributed by atoms with E-state index in [1.54, 1.807) is 13.3 Å². The van der Waals surface area contributed by atoms with Crippen molar-refractivity contribution in [1.82, 2.24) is 14.7 Å². The van der Waals surface area contributed by atoms with E-state index in [0.29, 0.717) is 5.69 Å². The fraction of sp³-hybridized carbons (Fsp3) is 0.222. The number of nitrogens with zero attached hydrogens (tertiary/aromatic N) is 2. The number of pyridine rings is 1. The predicted octanol–water partition coefficient (Wildman–Crippen LogP) is 3.14. The summed E-state index contributed by atoms with van der Waals surface area (Å²) in [5.41, 5.74) is 3.31. The molecule has 3 aromatic rings. The van der Waals surface area contributed by atoms with Crippen LogP contribution in [0.25, 0.3) is 5.65 Å². The number of imidazole rings is 1. The quantitative estimate of drug-likeness (QED) is 0.805. The molecule has 3 rings (SSSR count). The number of amides is 1. The second-order valence-electron chi connectivity index (χ2n) is 5.56. The van der Waals surface area contributed by atoms with Crippen LogP contribution in [0.3, 0.4) is 0 Å². The third-order valence-electron chi connectivity index (χ3n) is 3.81. The Kier molecular flexibility index (Phi) is 4.02. The van der Waals surface area contributed by atoms with Gasteiger partial charge in [0.15, 0.2) is 0 Å². The number of carbonyl (C=O) groups is 1. The molecule has 1 aromatic carbocycles. The van der Waals surface area contributed by atoms with Crippen molar-refractivity contribution in [3.05, 3.63) is 65.6 Å². The van der Waals surface area contributed by atoms with E-state index in [9.17, 15) is 4.79 Å². The van der Waals surface area contributed by atoms with E-state index in [4.69, 9.17) is 4.74 Å². The SMILES string of the molecule is COc1ccc([C@H](C)NC(=O)c2cn3ccc(C)cc3n2)cc1. The molecule has 1 atom stereocenters. The lowest BCUT2D eigenvalue weighted by Gasteiger charge is -2.13. The third-order valence-corrected chi connectivity index (χ3v) is 3.81. The van der Waals surface area contributed by atoms with Crippen LogP contribution in [0.1, 0.15) is 34.6 Å². The van der Waals surface area contributed by atoms with E-state index in [2.05, 4.69) is 10.3 Å². The first-order chi connectivity index (χ1) is 11.1. The Morgan fingerprint density at radius 3 is 2.70 bits per heavy atom. The summed E-state index contributed by atoms with van der Waals surface area (Å²) in [7, 11) is 1.63. The van der Waals surface area contributed by atoms with Gasteiger partial charge in [0.1, 0.15) is 17.1 Å². The van der Waals surface area contributed by atoms with E-state index in [0.717, 1.165) is 22.5 Å². The van der Waals surface area contributed by atoms with Crippen molar-refractivity contribution in [2.75, 3.05) is 7.11 Å². The molecule has 0 aliphatic carbocycles. The molecule has 0 aliphatic heterocycles. The van der Waals surface area contributed by atoms with Crippen molar-refractivity contribution in [1.29, 1.82) is 0 Å². The highest BCUT2D eigenvalue weighted by atomic mass is 16.5. The molecule has 0 unspecified atom stereocenters. The molecule has 0 radical (unpaired) electrons. The highest BCUT2D eigenvalue weighted by Gasteiger charge is 2.14. The molecule has 5 nitrogen and oxygen atoms in total. The summed E-state index contributed by atoms with van der Waals surface area (Å²) >= 11 is 0. The first-order valence-corrected chi connectivity index (χ1v) is 7.47. The summed E-state index contributed by atoms with van der Waals surface area (Å²) < 4.78 is 6.99. The van der Waals surface area contributed by atoms with Crippen LogP contribution < -0.4 is 10.1 Å². The van der Waals surface area contributed by atoms with Crippen LogP contribution in [0.15, 0.2) is 48.8 Å². The molecule has 0 saturated carbocycles. The van der Waals surface area contributed by atoms with Crippen LogP contribution in [0, 0.1) is 6.92 Å². The number of hydrogen-bond acceptors (Lipinski definition) is 3. The fourth-order valence-corrected chi connectivity index (χ4v) is 2.44. The molecule has 0 fully saturated rings. The molecule has 5 heteroatoms. The highest BCUT2D eigenvalue weighted by molar-refractivity contribution is 5.93. The van der Waals surface area contributed by atoms with Gasteiger partial charge in [0.2, 0.25) is 0 Å². The van der Waals surface area contributed by atoms with Crippen LogP contribution >= 0.6 is 0 Å². The number of methoxy groups -OCH3 is 1. The van der Waals surface area contributed by atoms with E-state index in [1.165, 1.54) is 0 Å². The topological polar surface area (TPSA) is 55.6 Å². The van der Waals surface area contributed by atoms with Gasteiger partial charge in [-0.2, -0.15) is 0 Å². The van der Waals surface area contributed by atoms with E-state index in [-0.39, 0.29) is 11.9 Å². The number of carbonyl (C=O) groups excluding carboxylic acids is 1. The third kappa shape index (κ3) is 3.18. The molecule has 0 saturated heterocycles. The summed E-state index contributed by atoms with van der Waals surface area (Å²) in [5.74, 6) is 0.609. The van der Waals surface area contributed by atoms with E-state index < -0.39 is 0 Å². The molecule has 0 aliphatic rings. The van der Waals surface area contributed by atoms with E-state index in [1.807, 2.05) is 60.8 Å². The number of nitrogens with one attached hydrogen (secondary N) is 1. The second kappa shape index (κ2) is 6.12. The normalized spacial score (nSPS) is 12.1. The van der Waals surface area contributed by atoms with E-state index >= 15 is 0 Å². The molecular formula is C18H19N3O2. The van der Waals surface area contributed by atoms with Gasteiger partial charge in [-0.25, -0.2) is 4.98 Å². The first-order valence-electron chi connectivity index (χ1n) is 7.47. The van der Waals surface area contributed by atoms with Crippen molar-refractivity contribution in [2.24, 2.45) is 0 Å². The zero-order valence-electron chi connectivity index (χ0n) is 13.4. The Labute approximate surface area is 134 Å². The Morgan fingerprint density at radius 2 is 2.00 bits per heavy atom. The number of aryl methyl sites for hydroxylation is 1. The number of aromatic nitrogens is 2. The minimum Gasteiger partial charge on any atom is -0.497 e. The Balaban J connectivity index is 1.76. The zero-order valence-corrected chi connectivity index (χ0v) is 13.4. The van der Waals surface area contributed by atoms with Gasteiger partial charge in [0.05, 0.1) is 13.2 Å².